The third-order valence-electron chi connectivity index (χ3n) is 3.57. The van der Waals surface area contributed by atoms with Crippen molar-refractivity contribution in [1.82, 2.24) is 9.88 Å². The van der Waals surface area contributed by atoms with Crippen LogP contribution in [0.4, 0.5) is 13.2 Å². The maximum Gasteiger partial charge on any atom is 0.389 e. The number of hydrogen-bond donors (Lipinski definition) is 0. The van der Waals surface area contributed by atoms with E-state index in [0.717, 1.165) is 26.8 Å². The third kappa shape index (κ3) is 8.94. The molecule has 0 amide bonds. The molecule has 0 spiro atoms. The first kappa shape index (κ1) is 24.3. The number of pyridine rings is 1. The van der Waals surface area contributed by atoms with Crippen molar-refractivity contribution in [2.24, 2.45) is 0 Å². The SMILES string of the molecule is C#CCN(C(=C)CCSCCC(F)(F)F)C(SC(=C)c1cccnc1)=C(C)C. The van der Waals surface area contributed by atoms with Gasteiger partial charge in [0.05, 0.1) is 18.0 Å². The number of aromatic nitrogens is 1. The Hall–Kier alpha value is -1.78. The minimum absolute atomic E-state index is 0.0496. The lowest BCUT2D eigenvalue weighted by molar-refractivity contribution is -0.129. The summed E-state index contributed by atoms with van der Waals surface area (Å²) in [5, 5.41) is 0.928. The maximum atomic E-state index is 12.2. The van der Waals surface area contributed by atoms with E-state index in [1.54, 1.807) is 12.4 Å². The van der Waals surface area contributed by atoms with Crippen molar-refractivity contribution in [2.45, 2.75) is 32.9 Å². The molecule has 152 valence electrons. The molecule has 0 aliphatic rings. The fraction of sp³-hybridized carbons (Fsp3) is 0.381. The molecule has 2 nitrogen and oxygen atoms in total. The quantitative estimate of drug-likeness (QED) is 0.294. The summed E-state index contributed by atoms with van der Waals surface area (Å²) >= 11 is 2.76. The predicted octanol–water partition coefficient (Wildman–Crippen LogP) is 6.56. The summed E-state index contributed by atoms with van der Waals surface area (Å²) in [5.74, 6) is 3.24. The molecule has 0 radical (unpaired) electrons. The largest absolute Gasteiger partial charge is 0.389 e. The van der Waals surface area contributed by atoms with Crippen molar-refractivity contribution < 1.29 is 13.2 Å². The molecule has 0 unspecified atom stereocenters. The summed E-state index contributed by atoms with van der Waals surface area (Å²) in [5.41, 5.74) is 2.75. The number of nitrogens with zero attached hydrogens (tertiary/aromatic N) is 2. The topological polar surface area (TPSA) is 16.1 Å². The molecule has 0 aliphatic heterocycles. The Labute approximate surface area is 174 Å². The molecule has 7 heteroatoms. The van der Waals surface area contributed by atoms with Gasteiger partial charge in [0.1, 0.15) is 0 Å². The van der Waals surface area contributed by atoms with Crippen LogP contribution in [0.2, 0.25) is 0 Å². The van der Waals surface area contributed by atoms with Gasteiger partial charge < -0.3 is 4.90 Å². The van der Waals surface area contributed by atoms with Gasteiger partial charge in [0.2, 0.25) is 0 Å². The molecule has 0 fully saturated rings. The van der Waals surface area contributed by atoms with Crippen LogP contribution in [0, 0.1) is 12.3 Å². The summed E-state index contributed by atoms with van der Waals surface area (Å²) in [6, 6.07) is 3.78. The first-order valence-electron chi connectivity index (χ1n) is 8.63. The van der Waals surface area contributed by atoms with Gasteiger partial charge in [-0.2, -0.15) is 24.9 Å². The van der Waals surface area contributed by atoms with Crippen LogP contribution in [0.25, 0.3) is 4.91 Å². The molecule has 0 bridgehead atoms. The zero-order chi connectivity index (χ0) is 21.2. The smallest absolute Gasteiger partial charge is 0.329 e. The van der Waals surface area contributed by atoms with E-state index in [0.29, 0.717) is 18.7 Å². The molecule has 1 rings (SSSR count). The molecule has 0 atom stereocenters. The summed E-state index contributed by atoms with van der Waals surface area (Å²) < 4.78 is 36.7. The highest BCUT2D eigenvalue weighted by molar-refractivity contribution is 8.11. The maximum absolute atomic E-state index is 12.2. The van der Waals surface area contributed by atoms with Gasteiger partial charge >= 0.3 is 6.18 Å². The van der Waals surface area contributed by atoms with E-state index < -0.39 is 12.6 Å². The predicted molar refractivity (Wildman–Crippen MR) is 117 cm³/mol. The number of alkyl halides is 3. The third-order valence-corrected chi connectivity index (χ3v) is 5.86. The van der Waals surface area contributed by atoms with E-state index >= 15 is 0 Å². The van der Waals surface area contributed by atoms with Crippen LogP contribution < -0.4 is 0 Å². The van der Waals surface area contributed by atoms with Gasteiger partial charge in [-0.15, -0.1) is 6.42 Å². The second-order valence-corrected chi connectivity index (χ2v) is 8.46. The van der Waals surface area contributed by atoms with Crippen molar-refractivity contribution in [2.75, 3.05) is 18.1 Å². The van der Waals surface area contributed by atoms with Gasteiger partial charge in [0, 0.05) is 34.3 Å². The van der Waals surface area contributed by atoms with Crippen LogP contribution in [-0.4, -0.2) is 34.1 Å². The highest BCUT2D eigenvalue weighted by Gasteiger charge is 2.26. The van der Waals surface area contributed by atoms with Gasteiger partial charge in [-0.3, -0.25) is 4.98 Å². The Balaban J connectivity index is 2.76. The standard InChI is InChI=1S/C21H25F3N2S2/c1-6-12-26(17(4)9-13-27-14-10-21(22,23)24)20(16(2)3)28-18(5)19-8-7-11-25-15-19/h1,7-8,11,15H,4-5,9-10,12-14H2,2-3H3. The van der Waals surface area contributed by atoms with E-state index in [4.69, 9.17) is 6.42 Å². The number of halogens is 3. The zero-order valence-corrected chi connectivity index (χ0v) is 17.8. The summed E-state index contributed by atoms with van der Waals surface area (Å²) in [6.45, 7) is 12.5. The van der Waals surface area contributed by atoms with E-state index in [1.165, 1.54) is 23.5 Å². The first-order valence-corrected chi connectivity index (χ1v) is 10.6. The lowest BCUT2D eigenvalue weighted by atomic mass is 10.3. The molecule has 1 aromatic heterocycles. The normalized spacial score (nSPS) is 10.9. The van der Waals surface area contributed by atoms with Crippen LogP contribution in [-0.2, 0) is 0 Å². The molecule has 28 heavy (non-hydrogen) atoms. The van der Waals surface area contributed by atoms with Gasteiger partial charge in [-0.25, -0.2) is 0 Å². The van der Waals surface area contributed by atoms with Gasteiger partial charge in [-0.1, -0.05) is 36.9 Å². The molecule has 0 N–H and O–H groups in total. The highest BCUT2D eigenvalue weighted by Crippen LogP contribution is 2.37. The van der Waals surface area contributed by atoms with Crippen molar-refractivity contribution in [3.05, 3.63) is 59.5 Å². The van der Waals surface area contributed by atoms with Crippen LogP contribution in [0.1, 0.15) is 32.3 Å². The van der Waals surface area contributed by atoms with Crippen molar-refractivity contribution in [3.8, 4) is 12.3 Å². The van der Waals surface area contributed by atoms with Crippen molar-refractivity contribution >= 4 is 28.4 Å². The first-order chi connectivity index (χ1) is 13.2. The molecule has 0 aromatic carbocycles. The molecule has 0 saturated carbocycles. The number of thioether (sulfide) groups is 2. The van der Waals surface area contributed by atoms with Gasteiger partial charge in [0.25, 0.3) is 0 Å². The Kier molecular flexibility index (Phi) is 10.3. The lowest BCUT2D eigenvalue weighted by Crippen LogP contribution is -2.22. The second-order valence-electron chi connectivity index (χ2n) is 6.16. The monoisotopic (exact) mass is 426 g/mol. The fourth-order valence-corrected chi connectivity index (χ4v) is 4.10. The minimum Gasteiger partial charge on any atom is -0.329 e. The molecular weight excluding hydrogens is 401 g/mol. The minimum atomic E-state index is -4.11. The Morgan fingerprint density at radius 2 is 2.00 bits per heavy atom. The summed E-state index contributed by atoms with van der Waals surface area (Å²) in [6.07, 6.45) is 4.65. The van der Waals surface area contributed by atoms with Crippen LogP contribution in [0.5, 0.6) is 0 Å². The Bertz CT molecular complexity index is 730. The Morgan fingerprint density at radius 1 is 1.29 bits per heavy atom. The Morgan fingerprint density at radius 3 is 2.54 bits per heavy atom. The molecule has 1 aromatic rings. The average Bonchev–Trinajstić information content (AvgIpc) is 2.63. The van der Waals surface area contributed by atoms with Crippen LogP contribution >= 0.6 is 23.5 Å². The van der Waals surface area contributed by atoms with Gasteiger partial charge in [-0.05, 0) is 37.7 Å². The summed E-state index contributed by atoms with van der Waals surface area (Å²) in [7, 11) is 0. The fourth-order valence-electron chi connectivity index (χ4n) is 2.16. The number of terminal acetylenes is 1. The van der Waals surface area contributed by atoms with E-state index in [2.05, 4.69) is 24.1 Å². The zero-order valence-electron chi connectivity index (χ0n) is 16.2. The molecule has 1 heterocycles. The number of hydrogen-bond acceptors (Lipinski definition) is 4. The van der Waals surface area contributed by atoms with Gasteiger partial charge in [0.15, 0.2) is 0 Å². The lowest BCUT2D eigenvalue weighted by Gasteiger charge is -2.29. The van der Waals surface area contributed by atoms with Crippen LogP contribution in [0.3, 0.4) is 0 Å². The van der Waals surface area contributed by atoms with E-state index in [1.807, 2.05) is 30.9 Å². The van der Waals surface area contributed by atoms with Crippen molar-refractivity contribution in [3.63, 3.8) is 0 Å². The van der Waals surface area contributed by atoms with Crippen LogP contribution in [0.15, 0.2) is 54.0 Å². The second kappa shape index (κ2) is 11.9. The number of rotatable bonds is 11. The highest BCUT2D eigenvalue weighted by atomic mass is 32.2. The average molecular weight is 427 g/mol. The van der Waals surface area contributed by atoms with E-state index in [-0.39, 0.29) is 5.75 Å². The molecule has 0 aliphatic carbocycles. The van der Waals surface area contributed by atoms with Crippen molar-refractivity contribution in [1.29, 1.82) is 0 Å². The molecular formula is C21H25F3N2S2. The number of allylic oxidation sites excluding steroid dienone is 2. The summed E-state index contributed by atoms with van der Waals surface area (Å²) in [4.78, 5) is 6.88. The van der Waals surface area contributed by atoms with E-state index in [9.17, 15) is 13.2 Å². The molecule has 0 saturated heterocycles.